The summed E-state index contributed by atoms with van der Waals surface area (Å²) in [6.07, 6.45) is 0.671. The number of amides is 1. The zero-order valence-corrected chi connectivity index (χ0v) is 21.4. The molecule has 0 radical (unpaired) electrons. The third kappa shape index (κ3) is 4.85. The molecule has 0 saturated carbocycles. The molecule has 0 bridgehead atoms. The van der Waals surface area contributed by atoms with E-state index in [0.717, 1.165) is 16.2 Å². The Bertz CT molecular complexity index is 1490. The zero-order valence-electron chi connectivity index (χ0n) is 19.8. The lowest BCUT2D eigenvalue weighted by Crippen LogP contribution is -2.31. The van der Waals surface area contributed by atoms with E-state index in [1.54, 1.807) is 23.0 Å². The number of rotatable bonds is 7. The van der Waals surface area contributed by atoms with Crippen molar-refractivity contribution in [2.24, 2.45) is 5.84 Å². The van der Waals surface area contributed by atoms with Crippen LogP contribution in [0.2, 0.25) is 0 Å². The molecule has 5 rings (SSSR count). The van der Waals surface area contributed by atoms with Crippen molar-refractivity contribution in [3.63, 3.8) is 0 Å². The van der Waals surface area contributed by atoms with E-state index in [1.807, 2.05) is 24.3 Å². The van der Waals surface area contributed by atoms with E-state index in [0.29, 0.717) is 16.8 Å². The van der Waals surface area contributed by atoms with E-state index < -0.39 is 23.7 Å². The van der Waals surface area contributed by atoms with Crippen LogP contribution in [0.25, 0.3) is 16.9 Å². The topological polar surface area (TPSA) is 111 Å². The third-order valence-corrected chi connectivity index (χ3v) is 6.82. The number of hydrazine groups is 1. The van der Waals surface area contributed by atoms with Crippen LogP contribution in [0.5, 0.6) is 0 Å². The average molecular weight is 587 g/mol. The molecule has 1 aromatic heterocycles. The first-order valence-electron chi connectivity index (χ1n) is 11.5. The minimum absolute atomic E-state index is 0.0570. The lowest BCUT2D eigenvalue weighted by molar-refractivity contribution is -0.128. The maximum absolute atomic E-state index is 14.8. The number of hydrogen-bond acceptors (Lipinski definition) is 6. The van der Waals surface area contributed by atoms with Gasteiger partial charge in [-0.05, 0) is 55.0 Å². The Hall–Kier alpha value is -3.87. The number of carbonyl (C=O) groups is 1. The molecule has 1 unspecified atom stereocenters. The van der Waals surface area contributed by atoms with Crippen LogP contribution in [0.1, 0.15) is 17.4 Å². The van der Waals surface area contributed by atoms with Crippen molar-refractivity contribution in [1.29, 1.82) is 0 Å². The monoisotopic (exact) mass is 586 g/mol. The summed E-state index contributed by atoms with van der Waals surface area (Å²) in [4.78, 5) is 14.2. The molecule has 4 aromatic rings. The zero-order chi connectivity index (χ0) is 27.0. The Labute approximate surface area is 224 Å². The van der Waals surface area contributed by atoms with Gasteiger partial charge in [0, 0.05) is 40.0 Å². The molecule has 5 N–H and O–H groups in total. The maximum Gasteiger partial charge on any atom is 0.250 e. The molecule has 1 fully saturated rings. The summed E-state index contributed by atoms with van der Waals surface area (Å²) in [5, 5.41) is 4.70. The lowest BCUT2D eigenvalue weighted by atomic mass is 10.1. The molecule has 1 aliphatic heterocycles. The molecule has 3 aromatic carbocycles. The van der Waals surface area contributed by atoms with Crippen molar-refractivity contribution in [2.75, 3.05) is 24.3 Å². The van der Waals surface area contributed by atoms with E-state index in [4.69, 9.17) is 21.4 Å². The smallest absolute Gasteiger partial charge is 0.250 e. The van der Waals surface area contributed by atoms with E-state index in [-0.39, 0.29) is 42.4 Å². The summed E-state index contributed by atoms with van der Waals surface area (Å²) in [5.74, 6) is 2.72. The molecular weight excluding hydrogens is 565 g/mol. The second-order valence-electron chi connectivity index (χ2n) is 8.62. The Kier molecular flexibility index (Phi) is 7.11. The van der Waals surface area contributed by atoms with Crippen LogP contribution < -0.4 is 17.0 Å². The molecule has 1 amide bonds. The number of nitrogens with one attached hydrogen (secondary N) is 1. The number of ether oxygens (including phenoxy) is 1. The van der Waals surface area contributed by atoms with Crippen LogP contribution in [0.15, 0.2) is 65.3 Å². The molecule has 1 aliphatic rings. The molecule has 38 heavy (non-hydrogen) atoms. The Morgan fingerprint density at radius 3 is 2.50 bits per heavy atom. The summed E-state index contributed by atoms with van der Waals surface area (Å²) in [5.41, 5.74) is 9.56. The highest BCUT2D eigenvalue weighted by molar-refractivity contribution is 9.10. The number of nitrogens with two attached hydrogens (primary N) is 2. The summed E-state index contributed by atoms with van der Waals surface area (Å²) < 4.78 is 51.4. The van der Waals surface area contributed by atoms with Crippen LogP contribution in [0.3, 0.4) is 0 Å². The number of nitrogens with zero attached hydrogens (tertiary/aromatic N) is 3. The Morgan fingerprint density at radius 1 is 1.11 bits per heavy atom. The first-order chi connectivity index (χ1) is 18.3. The van der Waals surface area contributed by atoms with Gasteiger partial charge < -0.3 is 20.8 Å². The van der Waals surface area contributed by atoms with Crippen LogP contribution in [-0.2, 0) is 16.0 Å². The van der Waals surface area contributed by atoms with Gasteiger partial charge in [-0.15, -0.1) is 0 Å². The highest BCUT2D eigenvalue weighted by Crippen LogP contribution is 2.36. The highest BCUT2D eigenvalue weighted by atomic mass is 79.9. The van der Waals surface area contributed by atoms with E-state index in [9.17, 15) is 18.0 Å². The Balaban J connectivity index is 1.51. The summed E-state index contributed by atoms with van der Waals surface area (Å²) >= 11 is 3.41. The fraction of sp³-hybridized carbons (Fsp3) is 0.154. The molecule has 2 heterocycles. The van der Waals surface area contributed by atoms with Crippen molar-refractivity contribution in [1.82, 2.24) is 14.7 Å². The highest BCUT2D eigenvalue weighted by Gasteiger charge is 2.36. The summed E-state index contributed by atoms with van der Waals surface area (Å²) in [7, 11) is 0. The van der Waals surface area contributed by atoms with Crippen molar-refractivity contribution >= 4 is 33.2 Å². The van der Waals surface area contributed by atoms with Gasteiger partial charge in [0.25, 0.3) is 5.91 Å². The average Bonchev–Trinajstić information content (AvgIpc) is 3.50. The lowest BCUT2D eigenvalue weighted by Gasteiger charge is -2.23. The van der Waals surface area contributed by atoms with Gasteiger partial charge in [-0.2, -0.15) is 5.10 Å². The van der Waals surface area contributed by atoms with Crippen LogP contribution >= 0.6 is 15.9 Å². The number of carbonyl (C=O) groups excluding carboxylic acids is 1. The van der Waals surface area contributed by atoms with Crippen LogP contribution in [-0.4, -0.2) is 33.7 Å². The van der Waals surface area contributed by atoms with Crippen LogP contribution in [0, 0.1) is 17.5 Å². The van der Waals surface area contributed by atoms with Gasteiger partial charge >= 0.3 is 0 Å². The number of aromatic nitrogens is 2. The minimum atomic E-state index is -0.947. The fourth-order valence-electron chi connectivity index (χ4n) is 4.34. The first kappa shape index (κ1) is 25.8. The molecule has 1 atom stereocenters. The summed E-state index contributed by atoms with van der Waals surface area (Å²) in [6.45, 7) is -0.279. The number of anilines is 2. The van der Waals surface area contributed by atoms with Gasteiger partial charge in [-0.1, -0.05) is 15.9 Å². The second kappa shape index (κ2) is 10.5. The van der Waals surface area contributed by atoms with Gasteiger partial charge in [0.15, 0.2) is 12.0 Å². The van der Waals surface area contributed by atoms with Gasteiger partial charge in [-0.3, -0.25) is 10.6 Å². The number of nitrogen functional groups attached to an aromatic ring is 2. The maximum atomic E-state index is 14.8. The molecule has 8 nitrogen and oxygen atoms in total. The molecule has 12 heteroatoms. The van der Waals surface area contributed by atoms with Gasteiger partial charge in [0.05, 0.1) is 17.1 Å². The molecule has 196 valence electrons. The predicted molar refractivity (Wildman–Crippen MR) is 139 cm³/mol. The van der Waals surface area contributed by atoms with Gasteiger partial charge in [-0.25, -0.2) is 17.9 Å². The SMILES string of the molecule is NNc1cc(F)c(CCN2C(=O)COC2c2cn(-c3ccc(Br)cc3)nc2-c2ccc(F)cc2)c(F)c1N. The molecule has 1 saturated heterocycles. The largest absolute Gasteiger partial charge is 0.395 e. The van der Waals surface area contributed by atoms with Crippen molar-refractivity contribution in [2.45, 2.75) is 12.6 Å². The number of halogens is 4. The van der Waals surface area contributed by atoms with Crippen molar-refractivity contribution < 1.29 is 22.7 Å². The number of hydrogen-bond donors (Lipinski definition) is 3. The fourth-order valence-corrected chi connectivity index (χ4v) is 4.60. The minimum Gasteiger partial charge on any atom is -0.395 e. The predicted octanol–water partition coefficient (Wildman–Crippen LogP) is 4.69. The normalized spacial score (nSPS) is 15.3. The molecule has 0 spiro atoms. The number of benzene rings is 3. The molecular formula is C26H22BrF3N6O2. The second-order valence-corrected chi connectivity index (χ2v) is 9.53. The van der Waals surface area contributed by atoms with Crippen molar-refractivity contribution in [3.05, 3.63) is 93.8 Å². The van der Waals surface area contributed by atoms with E-state index in [1.165, 1.54) is 17.0 Å². The van der Waals surface area contributed by atoms with E-state index >= 15 is 0 Å². The van der Waals surface area contributed by atoms with Crippen LogP contribution in [0.4, 0.5) is 24.5 Å². The van der Waals surface area contributed by atoms with E-state index in [2.05, 4.69) is 21.4 Å². The first-order valence-corrected chi connectivity index (χ1v) is 12.3. The third-order valence-electron chi connectivity index (χ3n) is 6.29. The quantitative estimate of drug-likeness (QED) is 0.165. The van der Waals surface area contributed by atoms with Crippen molar-refractivity contribution in [3.8, 4) is 16.9 Å². The molecule has 0 aliphatic carbocycles. The summed E-state index contributed by atoms with van der Waals surface area (Å²) in [6, 6.07) is 14.2. The standard InChI is InChI=1S/C26H22BrF3N6O2/c27-15-3-7-17(8-4-15)36-12-19(25(34-36)14-1-5-16(28)6-2-14)26-35(22(37)13-38-26)10-9-18-20(29)11-21(33-32)24(31)23(18)30/h1-8,11-12,26,33H,9-10,13,31-32H2. The van der Waals surface area contributed by atoms with Gasteiger partial charge in [0.2, 0.25) is 0 Å². The Morgan fingerprint density at radius 2 is 1.82 bits per heavy atom. The van der Waals surface area contributed by atoms with Gasteiger partial charge in [0.1, 0.15) is 23.9 Å².